The van der Waals surface area contributed by atoms with Crippen molar-refractivity contribution in [2.45, 2.75) is 41.8 Å². The zero-order valence-corrected chi connectivity index (χ0v) is 14.5. The van der Waals surface area contributed by atoms with E-state index in [4.69, 9.17) is 9.47 Å². The molecular formula is C19H22O4S. The van der Waals surface area contributed by atoms with Crippen LogP contribution in [0.3, 0.4) is 0 Å². The van der Waals surface area contributed by atoms with E-state index in [1.165, 1.54) is 0 Å². The molecule has 1 aliphatic heterocycles. The lowest BCUT2D eigenvalue weighted by Gasteiger charge is -2.34. The topological polar surface area (TPSA) is 52.6 Å². The summed E-state index contributed by atoms with van der Waals surface area (Å²) >= 11 is 0. The standard InChI is InChI=1S/C19H22O4S/c1-22-16-13-17(12-15-8-4-2-5-9-15)23-19(14-16)24(20,21)18-10-6-3-7-11-18/h2-11,16-17,19H,12-14H2,1H3/t16-,17-,19?/m1/s1. The molecule has 4 nitrogen and oxygen atoms in total. The summed E-state index contributed by atoms with van der Waals surface area (Å²) in [7, 11) is -1.91. The van der Waals surface area contributed by atoms with Crippen LogP contribution in [0.4, 0.5) is 0 Å². The molecule has 1 saturated heterocycles. The Bertz CT molecular complexity index is 743. The van der Waals surface area contributed by atoms with Crippen molar-refractivity contribution in [3.05, 3.63) is 66.2 Å². The molecule has 1 aliphatic rings. The van der Waals surface area contributed by atoms with E-state index in [1.807, 2.05) is 30.3 Å². The monoisotopic (exact) mass is 346 g/mol. The largest absolute Gasteiger partial charge is 0.381 e. The molecule has 0 saturated carbocycles. The van der Waals surface area contributed by atoms with Crippen molar-refractivity contribution in [2.75, 3.05) is 7.11 Å². The van der Waals surface area contributed by atoms with Crippen molar-refractivity contribution in [1.29, 1.82) is 0 Å². The predicted molar refractivity (Wildman–Crippen MR) is 92.5 cm³/mol. The van der Waals surface area contributed by atoms with Crippen LogP contribution < -0.4 is 0 Å². The molecule has 0 bridgehead atoms. The van der Waals surface area contributed by atoms with Crippen LogP contribution in [0.25, 0.3) is 0 Å². The molecule has 24 heavy (non-hydrogen) atoms. The van der Waals surface area contributed by atoms with Gasteiger partial charge in [-0.2, -0.15) is 0 Å². The Morgan fingerprint density at radius 3 is 2.25 bits per heavy atom. The fraction of sp³-hybridized carbons (Fsp3) is 0.368. The highest BCUT2D eigenvalue weighted by Crippen LogP contribution is 2.30. The number of rotatable bonds is 5. The summed E-state index contributed by atoms with van der Waals surface area (Å²) in [6.07, 6.45) is 1.46. The zero-order valence-electron chi connectivity index (χ0n) is 13.7. The molecule has 1 fully saturated rings. The highest BCUT2D eigenvalue weighted by molar-refractivity contribution is 7.91. The van der Waals surface area contributed by atoms with Gasteiger partial charge in [0.25, 0.3) is 0 Å². The Morgan fingerprint density at radius 1 is 1.00 bits per heavy atom. The lowest BCUT2D eigenvalue weighted by Crippen LogP contribution is -2.41. The zero-order chi connectivity index (χ0) is 17.0. The highest BCUT2D eigenvalue weighted by atomic mass is 32.2. The number of hydrogen-bond donors (Lipinski definition) is 0. The highest BCUT2D eigenvalue weighted by Gasteiger charge is 2.38. The Labute approximate surface area is 143 Å². The molecule has 1 unspecified atom stereocenters. The van der Waals surface area contributed by atoms with Gasteiger partial charge in [-0.15, -0.1) is 0 Å². The molecule has 0 radical (unpaired) electrons. The molecule has 1 heterocycles. The number of ether oxygens (including phenoxy) is 2. The van der Waals surface area contributed by atoms with Crippen LogP contribution in [0.1, 0.15) is 18.4 Å². The van der Waals surface area contributed by atoms with E-state index in [2.05, 4.69) is 0 Å². The minimum Gasteiger partial charge on any atom is -0.381 e. The summed E-state index contributed by atoms with van der Waals surface area (Å²) in [6.45, 7) is 0. The average molecular weight is 346 g/mol. The van der Waals surface area contributed by atoms with E-state index < -0.39 is 15.3 Å². The van der Waals surface area contributed by atoms with E-state index >= 15 is 0 Å². The molecule has 0 aliphatic carbocycles. The first-order valence-electron chi connectivity index (χ1n) is 8.10. The van der Waals surface area contributed by atoms with E-state index in [0.29, 0.717) is 24.2 Å². The third kappa shape index (κ3) is 3.86. The summed E-state index contributed by atoms with van der Waals surface area (Å²) in [5, 5.41) is 0. The minimum atomic E-state index is -3.53. The molecular weight excluding hydrogens is 324 g/mol. The molecule has 2 aromatic carbocycles. The van der Waals surface area contributed by atoms with Crippen LogP contribution in [0, 0.1) is 0 Å². The van der Waals surface area contributed by atoms with Gasteiger partial charge in [-0.25, -0.2) is 8.42 Å². The van der Waals surface area contributed by atoms with Crippen LogP contribution in [-0.2, 0) is 25.7 Å². The van der Waals surface area contributed by atoms with Gasteiger partial charge in [0.2, 0.25) is 9.84 Å². The molecule has 128 valence electrons. The summed E-state index contributed by atoms with van der Waals surface area (Å²) < 4.78 is 37.2. The van der Waals surface area contributed by atoms with Crippen LogP contribution in [0.15, 0.2) is 65.6 Å². The van der Waals surface area contributed by atoms with Crippen molar-refractivity contribution < 1.29 is 17.9 Å². The fourth-order valence-corrected chi connectivity index (χ4v) is 4.70. The van der Waals surface area contributed by atoms with Crippen LogP contribution in [0.5, 0.6) is 0 Å². The maximum Gasteiger partial charge on any atom is 0.205 e. The van der Waals surface area contributed by atoms with Crippen LogP contribution >= 0.6 is 0 Å². The van der Waals surface area contributed by atoms with Crippen molar-refractivity contribution in [2.24, 2.45) is 0 Å². The van der Waals surface area contributed by atoms with Gasteiger partial charge >= 0.3 is 0 Å². The van der Waals surface area contributed by atoms with E-state index in [1.54, 1.807) is 37.4 Å². The minimum absolute atomic E-state index is 0.115. The first-order chi connectivity index (χ1) is 11.6. The molecule has 0 aromatic heterocycles. The van der Waals surface area contributed by atoms with Crippen molar-refractivity contribution in [3.8, 4) is 0 Å². The Kier molecular flexibility index (Phi) is 5.33. The van der Waals surface area contributed by atoms with Gasteiger partial charge in [0.15, 0.2) is 5.44 Å². The quantitative estimate of drug-likeness (QED) is 0.834. The second-order valence-electron chi connectivity index (χ2n) is 6.06. The summed E-state index contributed by atoms with van der Waals surface area (Å²) in [6, 6.07) is 18.5. The number of hydrogen-bond acceptors (Lipinski definition) is 4. The first-order valence-corrected chi connectivity index (χ1v) is 9.65. The molecule has 0 N–H and O–H groups in total. The van der Waals surface area contributed by atoms with Gasteiger partial charge in [0.1, 0.15) is 0 Å². The summed E-state index contributed by atoms with van der Waals surface area (Å²) in [5.41, 5.74) is 0.266. The fourth-order valence-electron chi connectivity index (χ4n) is 3.09. The Balaban J connectivity index is 1.80. The number of benzene rings is 2. The SMILES string of the molecule is CO[C@H]1CC(S(=O)(=O)c2ccccc2)O[C@H](Cc2ccccc2)C1. The number of sulfone groups is 1. The second kappa shape index (κ2) is 7.47. The van der Waals surface area contributed by atoms with Crippen molar-refractivity contribution >= 4 is 9.84 Å². The van der Waals surface area contributed by atoms with E-state index in [9.17, 15) is 8.42 Å². The smallest absolute Gasteiger partial charge is 0.205 e. The predicted octanol–water partition coefficient (Wildman–Crippen LogP) is 3.22. The average Bonchev–Trinajstić information content (AvgIpc) is 2.63. The Morgan fingerprint density at radius 2 is 1.62 bits per heavy atom. The molecule has 2 aromatic rings. The third-order valence-electron chi connectivity index (χ3n) is 4.38. The van der Waals surface area contributed by atoms with Gasteiger partial charge in [-0.3, -0.25) is 0 Å². The van der Waals surface area contributed by atoms with E-state index in [0.717, 1.165) is 5.56 Å². The van der Waals surface area contributed by atoms with Gasteiger partial charge in [-0.1, -0.05) is 48.5 Å². The van der Waals surface area contributed by atoms with Crippen molar-refractivity contribution in [1.82, 2.24) is 0 Å². The van der Waals surface area contributed by atoms with Crippen molar-refractivity contribution in [3.63, 3.8) is 0 Å². The second-order valence-corrected chi connectivity index (χ2v) is 8.15. The van der Waals surface area contributed by atoms with Crippen LogP contribution in [-0.4, -0.2) is 33.2 Å². The number of methoxy groups -OCH3 is 1. The summed E-state index contributed by atoms with van der Waals surface area (Å²) in [5.74, 6) is 0. The van der Waals surface area contributed by atoms with Gasteiger partial charge in [0, 0.05) is 20.0 Å². The molecule has 0 spiro atoms. The normalized spacial score (nSPS) is 24.6. The maximum atomic E-state index is 12.9. The Hall–Kier alpha value is -1.69. The van der Waals surface area contributed by atoms with E-state index in [-0.39, 0.29) is 12.2 Å². The first kappa shape index (κ1) is 17.1. The molecule has 3 rings (SSSR count). The molecule has 0 amide bonds. The third-order valence-corrected chi connectivity index (χ3v) is 6.31. The van der Waals surface area contributed by atoms with Crippen LogP contribution in [0.2, 0.25) is 0 Å². The lowest BCUT2D eigenvalue weighted by atomic mass is 9.99. The summed E-state index contributed by atoms with van der Waals surface area (Å²) in [4.78, 5) is 0.296. The van der Waals surface area contributed by atoms with Gasteiger partial charge < -0.3 is 9.47 Å². The lowest BCUT2D eigenvalue weighted by molar-refractivity contribution is -0.0747. The van der Waals surface area contributed by atoms with Gasteiger partial charge in [-0.05, 0) is 24.1 Å². The maximum absolute atomic E-state index is 12.9. The van der Waals surface area contributed by atoms with Gasteiger partial charge in [0.05, 0.1) is 17.1 Å². The molecule has 5 heteroatoms. The molecule has 3 atom stereocenters.